The smallest absolute Gasteiger partial charge is 0.0727 e. The molecule has 10 rings (SSSR count). The molecule has 0 radical (unpaired) electrons. The maximum absolute atomic E-state index is 2.43. The Labute approximate surface area is 313 Å². The monoisotopic (exact) mass is 694 g/mol. The first-order valence-corrected chi connectivity index (χ1v) is 18.8. The van der Waals surface area contributed by atoms with Crippen LogP contribution in [0.15, 0.2) is 206 Å². The third-order valence-corrected chi connectivity index (χ3v) is 11.4. The summed E-state index contributed by atoms with van der Waals surface area (Å²) in [5.74, 6) is 0. The minimum atomic E-state index is 1.11. The molecule has 0 N–H and O–H groups in total. The van der Waals surface area contributed by atoms with Crippen LogP contribution in [-0.2, 0) is 0 Å². The Balaban J connectivity index is 1.14. The van der Waals surface area contributed by atoms with Crippen LogP contribution in [0, 0.1) is 0 Å². The molecule has 3 heteroatoms. The van der Waals surface area contributed by atoms with Gasteiger partial charge in [0.2, 0.25) is 0 Å². The van der Waals surface area contributed by atoms with Crippen LogP contribution in [-0.4, -0.2) is 4.57 Å². The second-order valence-electron chi connectivity index (χ2n) is 13.4. The molecule has 0 aliphatic rings. The Morgan fingerprint density at radius 2 is 0.887 bits per heavy atom. The van der Waals surface area contributed by atoms with Crippen LogP contribution < -0.4 is 4.90 Å². The molecule has 0 aliphatic heterocycles. The van der Waals surface area contributed by atoms with Crippen molar-refractivity contribution in [1.82, 2.24) is 4.57 Å². The first kappa shape index (κ1) is 31.1. The molecule has 0 aliphatic carbocycles. The first-order valence-electron chi connectivity index (χ1n) is 18.0. The van der Waals surface area contributed by atoms with E-state index >= 15 is 0 Å². The van der Waals surface area contributed by atoms with E-state index in [0.29, 0.717) is 0 Å². The highest BCUT2D eigenvalue weighted by molar-refractivity contribution is 7.27. The van der Waals surface area contributed by atoms with Crippen LogP contribution in [0.3, 0.4) is 0 Å². The maximum Gasteiger partial charge on any atom is 0.0727 e. The minimum Gasteiger partial charge on any atom is -0.310 e. The second-order valence-corrected chi connectivity index (χ2v) is 14.4. The number of thiophene rings is 1. The second kappa shape index (κ2) is 13.1. The molecule has 10 aromatic rings. The fourth-order valence-corrected chi connectivity index (χ4v) is 9.07. The zero-order valence-electron chi connectivity index (χ0n) is 28.9. The normalized spacial score (nSPS) is 11.4. The summed E-state index contributed by atoms with van der Waals surface area (Å²) in [6.07, 6.45) is 0. The average Bonchev–Trinajstić information content (AvgIpc) is 3.77. The van der Waals surface area contributed by atoms with E-state index in [0.717, 1.165) is 17.1 Å². The van der Waals surface area contributed by atoms with Gasteiger partial charge in [-0.25, -0.2) is 0 Å². The highest BCUT2D eigenvalue weighted by atomic mass is 32.1. The van der Waals surface area contributed by atoms with E-state index in [1.165, 1.54) is 70.3 Å². The van der Waals surface area contributed by atoms with Gasteiger partial charge in [0.15, 0.2) is 0 Å². The maximum atomic E-state index is 2.43. The van der Waals surface area contributed by atoms with Crippen molar-refractivity contribution in [2.75, 3.05) is 4.90 Å². The van der Waals surface area contributed by atoms with Crippen molar-refractivity contribution in [3.63, 3.8) is 0 Å². The number of hydrogen-bond donors (Lipinski definition) is 0. The number of nitrogens with zero attached hydrogens (tertiary/aromatic N) is 2. The number of hydrogen-bond acceptors (Lipinski definition) is 2. The van der Waals surface area contributed by atoms with Gasteiger partial charge in [0.05, 0.1) is 15.7 Å². The predicted molar refractivity (Wildman–Crippen MR) is 227 cm³/mol. The van der Waals surface area contributed by atoms with Crippen molar-refractivity contribution in [2.45, 2.75) is 0 Å². The molecule has 0 spiro atoms. The summed E-state index contributed by atoms with van der Waals surface area (Å²) >= 11 is 1.90. The van der Waals surface area contributed by atoms with Gasteiger partial charge in [-0.05, 0) is 88.0 Å². The molecule has 53 heavy (non-hydrogen) atoms. The molecule has 0 atom stereocenters. The number of aromatic nitrogens is 1. The fraction of sp³-hybridized carbons (Fsp3) is 0. The van der Waals surface area contributed by atoms with Gasteiger partial charge < -0.3 is 9.47 Å². The number of para-hydroxylation sites is 2. The van der Waals surface area contributed by atoms with Gasteiger partial charge in [-0.1, -0.05) is 152 Å². The number of fused-ring (bicyclic) bond motifs is 5. The van der Waals surface area contributed by atoms with Crippen molar-refractivity contribution in [2.24, 2.45) is 0 Å². The molecule has 250 valence electrons. The molecule has 0 bridgehead atoms. The van der Waals surface area contributed by atoms with E-state index in [-0.39, 0.29) is 0 Å². The molecule has 0 saturated carbocycles. The topological polar surface area (TPSA) is 8.17 Å². The lowest BCUT2D eigenvalue weighted by Crippen LogP contribution is -2.10. The molecule has 8 aromatic carbocycles. The van der Waals surface area contributed by atoms with Crippen molar-refractivity contribution in [3.05, 3.63) is 206 Å². The third kappa shape index (κ3) is 5.50. The van der Waals surface area contributed by atoms with E-state index < -0.39 is 0 Å². The molecule has 2 aromatic heterocycles. The van der Waals surface area contributed by atoms with Gasteiger partial charge in [-0.15, -0.1) is 11.3 Å². The van der Waals surface area contributed by atoms with Gasteiger partial charge in [0.1, 0.15) is 0 Å². The van der Waals surface area contributed by atoms with Crippen molar-refractivity contribution >= 4 is 59.6 Å². The summed E-state index contributed by atoms with van der Waals surface area (Å²) in [5.41, 5.74) is 14.2. The van der Waals surface area contributed by atoms with Crippen LogP contribution in [0.2, 0.25) is 0 Å². The van der Waals surface area contributed by atoms with Gasteiger partial charge in [-0.2, -0.15) is 0 Å². The summed E-state index contributed by atoms with van der Waals surface area (Å²) < 4.78 is 5.06. The molecule has 0 fully saturated rings. The van der Waals surface area contributed by atoms with E-state index in [4.69, 9.17) is 0 Å². The molecule has 0 saturated heterocycles. The van der Waals surface area contributed by atoms with E-state index in [2.05, 4.69) is 216 Å². The van der Waals surface area contributed by atoms with E-state index in [1.807, 2.05) is 11.3 Å². The Bertz CT molecular complexity index is 2870. The van der Waals surface area contributed by atoms with E-state index in [1.54, 1.807) is 0 Å². The van der Waals surface area contributed by atoms with Crippen molar-refractivity contribution in [1.29, 1.82) is 0 Å². The summed E-state index contributed by atoms with van der Waals surface area (Å²) in [6, 6.07) is 74.4. The van der Waals surface area contributed by atoms with Gasteiger partial charge in [-0.3, -0.25) is 0 Å². The number of rotatable bonds is 7. The number of benzene rings is 8. The van der Waals surface area contributed by atoms with Crippen molar-refractivity contribution < 1.29 is 0 Å². The van der Waals surface area contributed by atoms with Crippen LogP contribution in [0.1, 0.15) is 0 Å². The molecule has 2 nitrogen and oxygen atoms in total. The third-order valence-electron chi connectivity index (χ3n) is 10.2. The predicted octanol–water partition coefficient (Wildman–Crippen LogP) is 14.5. The molecule has 2 heterocycles. The Hall–Kier alpha value is -6.68. The lowest BCUT2D eigenvalue weighted by molar-refractivity contribution is 1.19. The lowest BCUT2D eigenvalue weighted by atomic mass is 10.0. The zero-order chi connectivity index (χ0) is 35.1. The summed E-state index contributed by atoms with van der Waals surface area (Å²) in [7, 11) is 0. The highest BCUT2D eigenvalue weighted by Crippen LogP contribution is 2.46. The zero-order valence-corrected chi connectivity index (χ0v) is 29.7. The Kier molecular flexibility index (Phi) is 7.71. The van der Waals surface area contributed by atoms with E-state index in [9.17, 15) is 0 Å². The number of anilines is 3. The summed E-state index contributed by atoms with van der Waals surface area (Å²) in [6.45, 7) is 0. The summed E-state index contributed by atoms with van der Waals surface area (Å²) in [4.78, 5) is 2.38. The van der Waals surface area contributed by atoms with Gasteiger partial charge >= 0.3 is 0 Å². The van der Waals surface area contributed by atoms with Crippen LogP contribution in [0.5, 0.6) is 0 Å². The lowest BCUT2D eigenvalue weighted by Gasteiger charge is -2.27. The Morgan fingerprint density at radius 3 is 1.60 bits per heavy atom. The molecular weight excluding hydrogens is 661 g/mol. The first-order chi connectivity index (χ1) is 26.3. The summed E-state index contributed by atoms with van der Waals surface area (Å²) in [5, 5.41) is 2.56. The quantitative estimate of drug-likeness (QED) is 0.161. The minimum absolute atomic E-state index is 1.11. The molecular formula is C50H34N2S. The molecule has 0 amide bonds. The van der Waals surface area contributed by atoms with Crippen LogP contribution >= 0.6 is 11.3 Å². The Morgan fingerprint density at radius 1 is 0.358 bits per heavy atom. The largest absolute Gasteiger partial charge is 0.310 e. The van der Waals surface area contributed by atoms with Crippen molar-refractivity contribution in [3.8, 4) is 39.1 Å². The molecule has 0 unspecified atom stereocenters. The fourth-order valence-electron chi connectivity index (χ4n) is 7.71. The average molecular weight is 695 g/mol. The van der Waals surface area contributed by atoms with Gasteiger partial charge in [0.25, 0.3) is 0 Å². The SMILES string of the molecule is c1ccc(-c2ccc(N(c3cccc(-c4ccccc4)c3)c3cccc(-c4cccc5c4sc4c6ccccc6n(-c6ccccc6)c54)c3)cc2)cc1. The van der Waals surface area contributed by atoms with Gasteiger partial charge in [0, 0.05) is 38.2 Å². The standard InChI is InChI=1S/C50H34N2S/c1-4-15-35(16-5-1)37-29-31-41(32-30-37)51(42-23-12-19-38(33-42)36-17-6-2-7-18-36)43-24-13-20-39(34-43)44-26-14-27-46-48-50(53-49(44)46)45-25-10-11-28-47(45)52(48)40-21-8-3-9-22-40/h1-34H. The van der Waals surface area contributed by atoms with Crippen LogP contribution in [0.25, 0.3) is 70.3 Å². The highest BCUT2D eigenvalue weighted by Gasteiger charge is 2.20. The van der Waals surface area contributed by atoms with Crippen LogP contribution in [0.4, 0.5) is 17.1 Å².